The molecule has 1 aliphatic heterocycles. The maximum absolute atomic E-state index is 9.87. The second-order valence-electron chi connectivity index (χ2n) is 3.46. The van der Waals surface area contributed by atoms with E-state index in [0.29, 0.717) is 21.3 Å². The third-order valence-corrected chi connectivity index (χ3v) is 3.05. The molecule has 0 amide bonds. The van der Waals surface area contributed by atoms with E-state index in [0.717, 1.165) is 5.06 Å². The Morgan fingerprint density at radius 2 is 1.94 bits per heavy atom. The first kappa shape index (κ1) is 11.5. The molecule has 0 aliphatic carbocycles. The average molecular weight is 257 g/mol. The Kier molecular flexibility index (Phi) is 3.19. The normalized spacial score (nSPS) is 19.9. The minimum atomic E-state index is -0.578. The van der Waals surface area contributed by atoms with E-state index >= 15 is 0 Å². The molecule has 0 saturated heterocycles. The van der Waals surface area contributed by atoms with Crippen LogP contribution in [0.25, 0.3) is 0 Å². The summed E-state index contributed by atoms with van der Waals surface area (Å²) in [5, 5.41) is 11.9. The molecular weight excluding hydrogens is 247 g/mol. The van der Waals surface area contributed by atoms with Gasteiger partial charge in [0.1, 0.15) is 0 Å². The Labute approximate surface area is 104 Å². The van der Waals surface area contributed by atoms with Crippen molar-refractivity contribution in [3.63, 3.8) is 0 Å². The van der Waals surface area contributed by atoms with Gasteiger partial charge in [0, 0.05) is 27.5 Å². The number of allylic oxidation sites excluding steroid dienone is 2. The molecule has 0 saturated carbocycles. The highest BCUT2D eigenvalue weighted by atomic mass is 35.5. The van der Waals surface area contributed by atoms with Gasteiger partial charge in [-0.3, -0.25) is 10.2 Å². The summed E-state index contributed by atoms with van der Waals surface area (Å²) in [5.41, 5.74) is 1.30. The van der Waals surface area contributed by atoms with Gasteiger partial charge >= 0.3 is 0 Å². The van der Waals surface area contributed by atoms with Gasteiger partial charge in [0.05, 0.1) is 0 Å². The number of hydroxylamine groups is 2. The minimum absolute atomic E-state index is 0.489. The Bertz CT molecular complexity index is 451. The highest BCUT2D eigenvalue weighted by molar-refractivity contribution is 6.36. The summed E-state index contributed by atoms with van der Waals surface area (Å²) in [7, 11) is 0. The predicted octanol–water partition coefficient (Wildman–Crippen LogP) is 3.67. The van der Waals surface area contributed by atoms with Crippen LogP contribution in [-0.2, 0) is 0 Å². The number of nitrogens with zero attached hydrogens (tertiary/aromatic N) is 2. The molecule has 1 aromatic rings. The molecule has 2 rings (SSSR count). The molecule has 5 heteroatoms. The summed E-state index contributed by atoms with van der Waals surface area (Å²) in [6.45, 7) is 1.78. The number of benzene rings is 1. The number of halogens is 2. The molecule has 0 spiro atoms. The van der Waals surface area contributed by atoms with Gasteiger partial charge < -0.3 is 0 Å². The molecule has 84 valence electrons. The summed E-state index contributed by atoms with van der Waals surface area (Å²) in [6.07, 6.45) is 2.76. The van der Waals surface area contributed by atoms with E-state index in [1.54, 1.807) is 37.4 Å². The third kappa shape index (κ3) is 1.94. The van der Waals surface area contributed by atoms with Crippen molar-refractivity contribution in [1.82, 2.24) is 5.06 Å². The number of hydrogen-bond acceptors (Lipinski definition) is 3. The van der Waals surface area contributed by atoms with Crippen molar-refractivity contribution in [2.45, 2.75) is 13.1 Å². The van der Waals surface area contributed by atoms with E-state index in [-0.39, 0.29) is 0 Å². The molecule has 1 N–H and O–H groups in total. The van der Waals surface area contributed by atoms with Crippen molar-refractivity contribution in [3.8, 4) is 0 Å². The largest absolute Gasteiger partial charge is 0.286 e. The fourth-order valence-electron chi connectivity index (χ4n) is 1.52. The van der Waals surface area contributed by atoms with Crippen molar-refractivity contribution in [3.05, 3.63) is 45.6 Å². The van der Waals surface area contributed by atoms with E-state index < -0.39 is 6.17 Å². The van der Waals surface area contributed by atoms with Crippen LogP contribution in [0.3, 0.4) is 0 Å². The lowest BCUT2D eigenvalue weighted by Crippen LogP contribution is -2.25. The monoisotopic (exact) mass is 256 g/mol. The Morgan fingerprint density at radius 3 is 2.56 bits per heavy atom. The summed E-state index contributed by atoms with van der Waals surface area (Å²) < 4.78 is 0. The molecule has 0 bridgehead atoms. The fraction of sp³-hybridized carbons (Fsp3) is 0.182. The molecule has 0 radical (unpaired) electrons. The van der Waals surface area contributed by atoms with E-state index in [4.69, 9.17) is 23.2 Å². The van der Waals surface area contributed by atoms with Crippen molar-refractivity contribution >= 4 is 29.4 Å². The molecule has 1 unspecified atom stereocenters. The molecule has 3 nitrogen and oxygen atoms in total. The average Bonchev–Trinajstić information content (AvgIpc) is 2.24. The van der Waals surface area contributed by atoms with Gasteiger partial charge in [-0.05, 0) is 25.1 Å². The zero-order chi connectivity index (χ0) is 11.7. The van der Waals surface area contributed by atoms with Crippen molar-refractivity contribution in [1.29, 1.82) is 0 Å². The zero-order valence-corrected chi connectivity index (χ0v) is 10.1. The number of aliphatic imine (C=N–C) groups is 1. The van der Waals surface area contributed by atoms with Gasteiger partial charge in [0.2, 0.25) is 0 Å². The molecule has 1 aromatic carbocycles. The molecule has 1 heterocycles. The molecule has 0 fully saturated rings. The lowest BCUT2D eigenvalue weighted by atomic mass is 10.1. The Morgan fingerprint density at radius 1 is 1.31 bits per heavy atom. The van der Waals surface area contributed by atoms with Gasteiger partial charge in [-0.1, -0.05) is 29.3 Å². The van der Waals surface area contributed by atoms with Crippen molar-refractivity contribution < 1.29 is 5.21 Å². The van der Waals surface area contributed by atoms with Crippen LogP contribution in [0.4, 0.5) is 0 Å². The van der Waals surface area contributed by atoms with Crippen molar-refractivity contribution in [2.24, 2.45) is 4.99 Å². The first-order valence-corrected chi connectivity index (χ1v) is 5.49. The van der Waals surface area contributed by atoms with E-state index in [1.807, 2.05) is 0 Å². The van der Waals surface area contributed by atoms with Gasteiger partial charge in [-0.15, -0.1) is 0 Å². The van der Waals surface area contributed by atoms with E-state index in [2.05, 4.69) is 4.99 Å². The van der Waals surface area contributed by atoms with Gasteiger partial charge in [0.25, 0.3) is 0 Å². The SMILES string of the molecule is CC1=CC=NC(c2c(Cl)cccc2Cl)N1O. The summed E-state index contributed by atoms with van der Waals surface area (Å²) in [4.78, 5) is 4.16. The maximum Gasteiger partial charge on any atom is 0.173 e. The topological polar surface area (TPSA) is 35.8 Å². The van der Waals surface area contributed by atoms with Crippen LogP contribution in [0.1, 0.15) is 18.7 Å². The van der Waals surface area contributed by atoms with Crippen LogP contribution in [0.5, 0.6) is 0 Å². The summed E-state index contributed by atoms with van der Waals surface area (Å²) in [6, 6.07) is 5.20. The smallest absolute Gasteiger partial charge is 0.173 e. The second-order valence-corrected chi connectivity index (χ2v) is 4.27. The van der Waals surface area contributed by atoms with Crippen LogP contribution >= 0.6 is 23.2 Å². The van der Waals surface area contributed by atoms with Gasteiger partial charge in [-0.25, -0.2) is 5.06 Å². The van der Waals surface area contributed by atoms with Crippen molar-refractivity contribution in [2.75, 3.05) is 0 Å². The van der Waals surface area contributed by atoms with Crippen LogP contribution in [-0.4, -0.2) is 16.5 Å². The summed E-state index contributed by atoms with van der Waals surface area (Å²) >= 11 is 12.1. The third-order valence-electron chi connectivity index (χ3n) is 2.39. The highest BCUT2D eigenvalue weighted by Crippen LogP contribution is 2.36. The van der Waals surface area contributed by atoms with Crippen LogP contribution in [0, 0.1) is 0 Å². The standard InChI is InChI=1S/C11H10Cl2N2O/c1-7-5-6-14-11(15(7)16)10-8(12)3-2-4-9(10)13/h2-6,11,16H,1H3. The predicted molar refractivity (Wildman–Crippen MR) is 65.1 cm³/mol. The highest BCUT2D eigenvalue weighted by Gasteiger charge is 2.24. The first-order valence-electron chi connectivity index (χ1n) is 4.73. The molecule has 16 heavy (non-hydrogen) atoms. The summed E-state index contributed by atoms with van der Waals surface area (Å²) in [5.74, 6) is 0. The maximum atomic E-state index is 9.87. The van der Waals surface area contributed by atoms with Crippen LogP contribution in [0.15, 0.2) is 35.0 Å². The molecular formula is C11H10Cl2N2O. The minimum Gasteiger partial charge on any atom is -0.286 e. The first-order chi connectivity index (χ1) is 7.61. The fourth-order valence-corrected chi connectivity index (χ4v) is 2.11. The molecule has 1 atom stereocenters. The lowest BCUT2D eigenvalue weighted by Gasteiger charge is -2.28. The Hall–Kier alpha value is -1.03. The molecule has 0 aromatic heterocycles. The zero-order valence-electron chi connectivity index (χ0n) is 8.56. The van der Waals surface area contributed by atoms with Gasteiger partial charge in [-0.2, -0.15) is 0 Å². The second kappa shape index (κ2) is 4.45. The molecule has 1 aliphatic rings. The number of hydrogen-bond donors (Lipinski definition) is 1. The number of rotatable bonds is 1. The van der Waals surface area contributed by atoms with Crippen LogP contribution in [0.2, 0.25) is 10.0 Å². The quantitative estimate of drug-likeness (QED) is 0.833. The lowest BCUT2D eigenvalue weighted by molar-refractivity contribution is -0.0928. The van der Waals surface area contributed by atoms with Crippen LogP contribution < -0.4 is 0 Å². The van der Waals surface area contributed by atoms with E-state index in [1.165, 1.54) is 0 Å². The Balaban J connectivity index is 2.46. The van der Waals surface area contributed by atoms with Gasteiger partial charge in [0.15, 0.2) is 6.17 Å². The van der Waals surface area contributed by atoms with E-state index in [9.17, 15) is 5.21 Å².